The topological polar surface area (TPSA) is 69.5 Å². The number of nitriles is 1. The maximum Gasteiger partial charge on any atom is 0.271 e. The lowest BCUT2D eigenvalue weighted by atomic mass is 9.90. The minimum absolute atomic E-state index is 0.00536. The summed E-state index contributed by atoms with van der Waals surface area (Å²) in [6, 6.07) is 17.8. The first-order valence-electron chi connectivity index (χ1n) is 13.1. The van der Waals surface area contributed by atoms with Crippen LogP contribution in [0.1, 0.15) is 36.6 Å². The zero-order chi connectivity index (χ0) is 28.6. The number of aryl methyl sites for hydroxylation is 1. The molecule has 1 fully saturated rings. The molecule has 4 aromatic rings. The van der Waals surface area contributed by atoms with E-state index < -0.39 is 5.56 Å². The van der Waals surface area contributed by atoms with Crippen LogP contribution in [0, 0.1) is 35.5 Å². The molecule has 5 rings (SSSR count). The fraction of sp³-hybridized carbons (Fsp3) is 0.290. The van der Waals surface area contributed by atoms with Crippen molar-refractivity contribution in [2.24, 2.45) is 13.0 Å². The fourth-order valence-electron chi connectivity index (χ4n) is 5.66. The maximum absolute atomic E-state index is 13.9. The first kappa shape index (κ1) is 27.0. The highest BCUT2D eigenvalue weighted by Gasteiger charge is 2.37. The number of piperazine rings is 1. The molecule has 3 heterocycles. The van der Waals surface area contributed by atoms with Gasteiger partial charge >= 0.3 is 0 Å². The summed E-state index contributed by atoms with van der Waals surface area (Å²) < 4.78 is 29.1. The van der Waals surface area contributed by atoms with E-state index in [1.165, 1.54) is 28.8 Å². The molecule has 2 aromatic heterocycles. The van der Waals surface area contributed by atoms with Crippen LogP contribution in [-0.4, -0.2) is 40.1 Å². The predicted molar refractivity (Wildman–Crippen MR) is 150 cm³/mol. The van der Waals surface area contributed by atoms with Gasteiger partial charge in [-0.05, 0) is 53.4 Å². The van der Waals surface area contributed by atoms with Crippen LogP contribution in [0.3, 0.4) is 0 Å². The number of rotatable bonds is 5. The van der Waals surface area contributed by atoms with E-state index >= 15 is 0 Å². The van der Waals surface area contributed by atoms with Crippen LogP contribution in [0.2, 0.25) is 0 Å². The first-order valence-corrected chi connectivity index (χ1v) is 13.1. The Bertz CT molecular complexity index is 1660. The second kappa shape index (κ2) is 10.9. The summed E-state index contributed by atoms with van der Waals surface area (Å²) in [5.74, 6) is -0.330. The summed E-state index contributed by atoms with van der Waals surface area (Å²) in [6.07, 6.45) is 0. The highest BCUT2D eigenvalue weighted by molar-refractivity contribution is 5.92. The van der Waals surface area contributed by atoms with E-state index in [-0.39, 0.29) is 41.0 Å². The molecule has 1 aliphatic heterocycles. The Labute approximate surface area is 231 Å². The number of benzene rings is 2. The van der Waals surface area contributed by atoms with Crippen LogP contribution in [0.5, 0.6) is 0 Å². The van der Waals surface area contributed by atoms with Crippen LogP contribution < -0.4 is 10.5 Å². The first-order chi connectivity index (χ1) is 19.2. The summed E-state index contributed by atoms with van der Waals surface area (Å²) in [6.45, 7) is 13.2. The third-order valence-corrected chi connectivity index (χ3v) is 7.68. The summed E-state index contributed by atoms with van der Waals surface area (Å²) in [7, 11) is 1.60. The molecule has 0 saturated carbocycles. The molecule has 0 aliphatic carbocycles. The molecular weight excluding hydrogens is 510 g/mol. The van der Waals surface area contributed by atoms with Gasteiger partial charge in [0.15, 0.2) is 0 Å². The third kappa shape index (κ3) is 4.81. The molecule has 7 nitrogen and oxygen atoms in total. The van der Waals surface area contributed by atoms with Crippen molar-refractivity contribution in [3.63, 3.8) is 0 Å². The Morgan fingerprint density at radius 3 is 2.12 bits per heavy atom. The summed E-state index contributed by atoms with van der Waals surface area (Å²) in [5.41, 5.74) is 2.77. The number of hydrogen-bond acceptors (Lipinski definition) is 5. The minimum Gasteiger partial charge on any atom is -0.364 e. The monoisotopic (exact) mass is 538 g/mol. The Kier molecular flexibility index (Phi) is 7.34. The number of fused-ring (bicyclic) bond motifs is 1. The molecule has 0 radical (unpaired) electrons. The average Bonchev–Trinajstić information content (AvgIpc) is 2.96. The molecule has 0 amide bonds. The smallest absolute Gasteiger partial charge is 0.271 e. The van der Waals surface area contributed by atoms with Crippen LogP contribution >= 0.6 is 0 Å². The number of pyridine rings is 2. The van der Waals surface area contributed by atoms with E-state index in [0.717, 1.165) is 11.1 Å². The van der Waals surface area contributed by atoms with E-state index in [0.29, 0.717) is 36.4 Å². The van der Waals surface area contributed by atoms with Gasteiger partial charge in [0.1, 0.15) is 29.0 Å². The highest BCUT2D eigenvalue weighted by Crippen LogP contribution is 2.37. The summed E-state index contributed by atoms with van der Waals surface area (Å²) >= 11 is 0. The van der Waals surface area contributed by atoms with Gasteiger partial charge in [-0.1, -0.05) is 44.7 Å². The standard InChI is InChI=1S/C31H28F2N6O/c1-19(2)26-18-38(30-24(17-34)31(40)37(4)25-13-14-27(35-3)36-28(25)30)15-16-39(26)29(20-5-9-22(32)10-6-20)21-7-11-23(33)12-8-21/h5-14,19,26,29H,15-16,18H2,1-2,4H3/t26-/m1/s1. The fourth-order valence-corrected chi connectivity index (χ4v) is 5.66. The predicted octanol–water partition coefficient (Wildman–Crippen LogP) is 5.57. The average molecular weight is 539 g/mol. The van der Waals surface area contributed by atoms with Crippen molar-refractivity contribution < 1.29 is 8.78 Å². The zero-order valence-corrected chi connectivity index (χ0v) is 22.5. The van der Waals surface area contributed by atoms with E-state index in [2.05, 4.69) is 34.6 Å². The van der Waals surface area contributed by atoms with Gasteiger partial charge in [0.05, 0.1) is 11.6 Å². The van der Waals surface area contributed by atoms with Crippen molar-refractivity contribution in [3.8, 4) is 6.07 Å². The van der Waals surface area contributed by atoms with Gasteiger partial charge < -0.3 is 14.3 Å². The van der Waals surface area contributed by atoms with Crippen molar-refractivity contribution in [1.82, 2.24) is 14.5 Å². The van der Waals surface area contributed by atoms with Crippen LogP contribution in [-0.2, 0) is 7.05 Å². The van der Waals surface area contributed by atoms with E-state index in [9.17, 15) is 18.8 Å². The van der Waals surface area contributed by atoms with Gasteiger partial charge in [-0.25, -0.2) is 8.78 Å². The zero-order valence-electron chi connectivity index (χ0n) is 22.5. The molecule has 9 heteroatoms. The lowest BCUT2D eigenvalue weighted by molar-refractivity contribution is 0.105. The Balaban J connectivity index is 1.62. The number of nitrogens with zero attached hydrogens (tertiary/aromatic N) is 6. The van der Waals surface area contributed by atoms with E-state index in [1.807, 2.05) is 4.90 Å². The van der Waals surface area contributed by atoms with Crippen molar-refractivity contribution in [2.45, 2.75) is 25.9 Å². The van der Waals surface area contributed by atoms with E-state index in [4.69, 9.17) is 6.57 Å². The molecule has 40 heavy (non-hydrogen) atoms. The van der Waals surface area contributed by atoms with Crippen LogP contribution in [0.15, 0.2) is 65.5 Å². The number of anilines is 1. The van der Waals surface area contributed by atoms with Gasteiger partial charge in [-0.15, -0.1) is 4.98 Å². The third-order valence-electron chi connectivity index (χ3n) is 7.68. The second-order valence-electron chi connectivity index (χ2n) is 10.3. The Hall–Kier alpha value is -4.60. The lowest BCUT2D eigenvalue weighted by Gasteiger charge is -2.48. The normalized spacial score (nSPS) is 15.9. The van der Waals surface area contributed by atoms with Gasteiger partial charge in [-0.3, -0.25) is 9.69 Å². The molecule has 2 aromatic carbocycles. The van der Waals surface area contributed by atoms with Gasteiger partial charge in [0.25, 0.3) is 11.4 Å². The molecule has 0 bridgehead atoms. The quantitative estimate of drug-likeness (QED) is 0.311. The molecule has 1 aliphatic rings. The lowest BCUT2D eigenvalue weighted by Crippen LogP contribution is -2.56. The summed E-state index contributed by atoms with van der Waals surface area (Å²) in [5, 5.41) is 10.0. The molecular formula is C31H28F2N6O. The molecule has 202 valence electrons. The van der Waals surface area contributed by atoms with Crippen molar-refractivity contribution in [2.75, 3.05) is 24.5 Å². The molecule has 0 spiro atoms. The SMILES string of the molecule is [C-]#[N+]c1ccc2c(n1)c(N1CCN(C(c3ccc(F)cc3)c3ccc(F)cc3)[C@@H](C(C)C)C1)c(C#N)c(=O)n2C. The summed E-state index contributed by atoms with van der Waals surface area (Å²) in [4.78, 5) is 25.5. The van der Waals surface area contributed by atoms with Gasteiger partial charge in [0, 0.05) is 32.7 Å². The van der Waals surface area contributed by atoms with Crippen molar-refractivity contribution in [1.29, 1.82) is 5.26 Å². The number of hydrogen-bond donors (Lipinski definition) is 0. The van der Waals surface area contributed by atoms with Crippen molar-refractivity contribution in [3.05, 3.63) is 111 Å². The molecule has 0 N–H and O–H groups in total. The number of aromatic nitrogens is 2. The Morgan fingerprint density at radius 1 is 1.00 bits per heavy atom. The highest BCUT2D eigenvalue weighted by atomic mass is 19.1. The van der Waals surface area contributed by atoms with Crippen LogP contribution in [0.25, 0.3) is 15.9 Å². The molecule has 0 unspecified atom stereocenters. The minimum atomic E-state index is -0.415. The Morgan fingerprint density at radius 2 is 1.60 bits per heavy atom. The van der Waals surface area contributed by atoms with Gasteiger partial charge in [-0.2, -0.15) is 5.26 Å². The van der Waals surface area contributed by atoms with E-state index in [1.54, 1.807) is 43.4 Å². The second-order valence-corrected chi connectivity index (χ2v) is 10.3. The maximum atomic E-state index is 13.9. The van der Waals surface area contributed by atoms with Gasteiger partial charge in [0.2, 0.25) is 5.52 Å². The largest absolute Gasteiger partial charge is 0.364 e. The number of halogens is 2. The molecule has 1 saturated heterocycles. The van der Waals surface area contributed by atoms with Crippen molar-refractivity contribution >= 4 is 22.5 Å². The molecule has 1 atom stereocenters. The van der Waals surface area contributed by atoms with Crippen LogP contribution in [0.4, 0.5) is 20.3 Å².